The molecule has 0 aromatic heterocycles. The van der Waals surface area contributed by atoms with Gasteiger partial charge in [-0.1, -0.05) is 60.7 Å². The van der Waals surface area contributed by atoms with Gasteiger partial charge in [-0.15, -0.1) is 0 Å². The predicted molar refractivity (Wildman–Crippen MR) is 94.4 cm³/mol. The largest absolute Gasteiger partial charge is 0.357 e. The molecule has 0 aliphatic heterocycles. The Labute approximate surface area is 133 Å². The van der Waals surface area contributed by atoms with Crippen LogP contribution in [0.2, 0.25) is 0 Å². The number of nitrogens with one attached hydrogen (secondary N) is 2. The topological polar surface area (TPSA) is 36.4 Å². The van der Waals surface area contributed by atoms with Gasteiger partial charge in [-0.3, -0.25) is 4.99 Å². The van der Waals surface area contributed by atoms with Crippen molar-refractivity contribution in [1.82, 2.24) is 10.6 Å². The predicted octanol–water partition coefficient (Wildman–Crippen LogP) is 3.20. The Balaban J connectivity index is 2.08. The number of hydrogen-bond donors (Lipinski definition) is 2. The summed E-state index contributed by atoms with van der Waals surface area (Å²) in [5.74, 6) is 1.27. The molecule has 2 rings (SSSR count). The van der Waals surface area contributed by atoms with Crippen LogP contribution in [0.25, 0.3) is 0 Å². The molecule has 0 aliphatic rings. The molecule has 0 saturated heterocycles. The normalized spacial score (nSPS) is 12.7. The number of rotatable bonds is 6. The summed E-state index contributed by atoms with van der Waals surface area (Å²) in [6.45, 7) is 3.80. The van der Waals surface area contributed by atoms with Gasteiger partial charge in [0.05, 0.1) is 0 Å². The van der Waals surface area contributed by atoms with Gasteiger partial charge in [0.25, 0.3) is 0 Å². The summed E-state index contributed by atoms with van der Waals surface area (Å²) in [6.07, 6.45) is 1.01. The third-order valence-electron chi connectivity index (χ3n) is 3.68. The molecular weight excluding hydrogens is 270 g/mol. The van der Waals surface area contributed by atoms with Gasteiger partial charge in [0.1, 0.15) is 0 Å². The second kappa shape index (κ2) is 8.88. The van der Waals surface area contributed by atoms with Crippen molar-refractivity contribution in [3.05, 3.63) is 71.8 Å². The van der Waals surface area contributed by atoms with Gasteiger partial charge < -0.3 is 10.6 Å². The summed E-state index contributed by atoms with van der Waals surface area (Å²) in [4.78, 5) is 4.24. The minimum Gasteiger partial charge on any atom is -0.357 e. The fourth-order valence-electron chi connectivity index (χ4n) is 2.54. The molecule has 116 valence electrons. The number of benzene rings is 2. The monoisotopic (exact) mass is 295 g/mol. The van der Waals surface area contributed by atoms with Gasteiger partial charge in [-0.25, -0.2) is 0 Å². The van der Waals surface area contributed by atoms with Crippen LogP contribution in [0.3, 0.4) is 0 Å². The Kier molecular flexibility index (Phi) is 6.49. The molecule has 2 aromatic rings. The van der Waals surface area contributed by atoms with Gasteiger partial charge in [0, 0.05) is 26.1 Å². The summed E-state index contributed by atoms with van der Waals surface area (Å²) >= 11 is 0. The first-order valence-electron chi connectivity index (χ1n) is 7.87. The van der Waals surface area contributed by atoms with E-state index in [-0.39, 0.29) is 0 Å². The van der Waals surface area contributed by atoms with Crippen LogP contribution in [0, 0.1) is 0 Å². The van der Waals surface area contributed by atoms with Crippen molar-refractivity contribution in [3.63, 3.8) is 0 Å². The van der Waals surface area contributed by atoms with E-state index in [4.69, 9.17) is 0 Å². The SMILES string of the molecule is CCNC(=NC)NCC(Cc1ccccc1)c1ccccc1. The summed E-state index contributed by atoms with van der Waals surface area (Å²) in [5, 5.41) is 6.67. The van der Waals surface area contributed by atoms with Crippen LogP contribution < -0.4 is 10.6 Å². The van der Waals surface area contributed by atoms with Crippen molar-refractivity contribution in [3.8, 4) is 0 Å². The molecule has 3 heteroatoms. The average molecular weight is 295 g/mol. The third kappa shape index (κ3) is 4.92. The first-order valence-corrected chi connectivity index (χ1v) is 7.87. The van der Waals surface area contributed by atoms with Crippen molar-refractivity contribution >= 4 is 5.96 Å². The molecule has 0 aliphatic carbocycles. The van der Waals surface area contributed by atoms with E-state index in [1.54, 1.807) is 7.05 Å². The Morgan fingerprint density at radius 2 is 1.59 bits per heavy atom. The van der Waals surface area contributed by atoms with Gasteiger partial charge in [-0.05, 0) is 24.5 Å². The molecule has 1 atom stereocenters. The summed E-state index contributed by atoms with van der Waals surface area (Å²) < 4.78 is 0. The summed E-state index contributed by atoms with van der Waals surface area (Å²) in [5.41, 5.74) is 2.71. The van der Waals surface area contributed by atoms with Gasteiger partial charge >= 0.3 is 0 Å². The van der Waals surface area contributed by atoms with E-state index in [0.717, 1.165) is 25.5 Å². The molecule has 0 amide bonds. The zero-order valence-electron chi connectivity index (χ0n) is 13.4. The second-order valence-electron chi connectivity index (χ2n) is 5.28. The van der Waals surface area contributed by atoms with E-state index in [0.29, 0.717) is 5.92 Å². The van der Waals surface area contributed by atoms with Crippen molar-refractivity contribution in [2.75, 3.05) is 20.1 Å². The molecule has 0 saturated carbocycles. The highest BCUT2D eigenvalue weighted by Gasteiger charge is 2.12. The molecular formula is C19H25N3. The first-order chi connectivity index (χ1) is 10.8. The maximum atomic E-state index is 4.24. The quantitative estimate of drug-likeness (QED) is 0.634. The fourth-order valence-corrected chi connectivity index (χ4v) is 2.54. The maximum Gasteiger partial charge on any atom is 0.190 e. The average Bonchev–Trinajstić information content (AvgIpc) is 2.59. The highest BCUT2D eigenvalue weighted by molar-refractivity contribution is 5.79. The Morgan fingerprint density at radius 3 is 2.18 bits per heavy atom. The molecule has 0 bridgehead atoms. The van der Waals surface area contributed by atoms with Crippen LogP contribution in [-0.2, 0) is 6.42 Å². The number of hydrogen-bond acceptors (Lipinski definition) is 1. The lowest BCUT2D eigenvalue weighted by atomic mass is 9.92. The van der Waals surface area contributed by atoms with E-state index < -0.39 is 0 Å². The Hall–Kier alpha value is -2.29. The van der Waals surface area contributed by atoms with E-state index in [1.165, 1.54) is 11.1 Å². The molecule has 0 heterocycles. The highest BCUT2D eigenvalue weighted by atomic mass is 15.2. The van der Waals surface area contributed by atoms with Crippen LogP contribution in [0.1, 0.15) is 24.0 Å². The zero-order valence-corrected chi connectivity index (χ0v) is 13.4. The highest BCUT2D eigenvalue weighted by Crippen LogP contribution is 2.20. The van der Waals surface area contributed by atoms with Crippen molar-refractivity contribution in [2.45, 2.75) is 19.3 Å². The zero-order chi connectivity index (χ0) is 15.6. The van der Waals surface area contributed by atoms with E-state index in [1.807, 2.05) is 0 Å². The van der Waals surface area contributed by atoms with Crippen LogP contribution in [0.15, 0.2) is 65.7 Å². The molecule has 1 unspecified atom stereocenters. The van der Waals surface area contributed by atoms with Crippen molar-refractivity contribution in [1.29, 1.82) is 0 Å². The van der Waals surface area contributed by atoms with E-state index >= 15 is 0 Å². The molecule has 0 spiro atoms. The van der Waals surface area contributed by atoms with E-state index in [2.05, 4.69) is 83.2 Å². The molecule has 0 radical (unpaired) electrons. The lowest BCUT2D eigenvalue weighted by molar-refractivity contribution is 0.646. The summed E-state index contributed by atoms with van der Waals surface area (Å²) in [6, 6.07) is 21.3. The fraction of sp³-hybridized carbons (Fsp3) is 0.316. The van der Waals surface area contributed by atoms with Crippen molar-refractivity contribution in [2.24, 2.45) is 4.99 Å². The van der Waals surface area contributed by atoms with Gasteiger partial charge in [0.2, 0.25) is 0 Å². The minimum atomic E-state index is 0.416. The molecule has 2 aromatic carbocycles. The Bertz CT molecular complexity index is 564. The number of nitrogens with zero attached hydrogens (tertiary/aromatic N) is 1. The third-order valence-corrected chi connectivity index (χ3v) is 3.68. The molecule has 3 nitrogen and oxygen atoms in total. The smallest absolute Gasteiger partial charge is 0.190 e. The van der Waals surface area contributed by atoms with Crippen LogP contribution in [0.5, 0.6) is 0 Å². The maximum absolute atomic E-state index is 4.24. The molecule has 22 heavy (non-hydrogen) atoms. The lowest BCUT2D eigenvalue weighted by Crippen LogP contribution is -2.39. The van der Waals surface area contributed by atoms with Gasteiger partial charge in [-0.2, -0.15) is 0 Å². The van der Waals surface area contributed by atoms with Crippen LogP contribution >= 0.6 is 0 Å². The van der Waals surface area contributed by atoms with Gasteiger partial charge in [0.15, 0.2) is 5.96 Å². The van der Waals surface area contributed by atoms with E-state index in [9.17, 15) is 0 Å². The van der Waals surface area contributed by atoms with Crippen LogP contribution in [0.4, 0.5) is 0 Å². The Morgan fingerprint density at radius 1 is 0.955 bits per heavy atom. The number of aliphatic imine (C=N–C) groups is 1. The number of guanidine groups is 1. The standard InChI is InChI=1S/C19H25N3/c1-3-21-19(20-2)22-15-18(17-12-8-5-9-13-17)14-16-10-6-4-7-11-16/h4-13,18H,3,14-15H2,1-2H3,(H2,20,21,22). The minimum absolute atomic E-state index is 0.416. The second-order valence-corrected chi connectivity index (χ2v) is 5.28. The first kappa shape index (κ1) is 16.1. The molecule has 2 N–H and O–H groups in total. The lowest BCUT2D eigenvalue weighted by Gasteiger charge is -2.20. The van der Waals surface area contributed by atoms with Crippen LogP contribution in [-0.4, -0.2) is 26.1 Å². The molecule has 0 fully saturated rings. The van der Waals surface area contributed by atoms with Crippen molar-refractivity contribution < 1.29 is 0 Å². The summed E-state index contributed by atoms with van der Waals surface area (Å²) in [7, 11) is 1.81.